The maximum Gasteiger partial charge on any atom is 0.254 e. The molecule has 0 aliphatic rings. The van der Waals surface area contributed by atoms with Crippen LogP contribution in [0.5, 0.6) is 5.75 Å². The van der Waals surface area contributed by atoms with Gasteiger partial charge in [-0.1, -0.05) is 0 Å². The zero-order valence-electron chi connectivity index (χ0n) is 10.1. The number of aromatic amines is 1. The molecule has 0 saturated heterocycles. The maximum atomic E-state index is 13.5. The monoisotopic (exact) mass is 285 g/mol. The van der Waals surface area contributed by atoms with Crippen LogP contribution in [-0.2, 0) is 6.42 Å². The molecule has 0 bridgehead atoms. The highest BCUT2D eigenvalue weighted by Gasteiger charge is 2.22. The van der Waals surface area contributed by atoms with E-state index < -0.39 is 34.7 Å². The minimum absolute atomic E-state index is 0.139. The van der Waals surface area contributed by atoms with Gasteiger partial charge in [0.1, 0.15) is 0 Å². The fourth-order valence-corrected chi connectivity index (χ4v) is 1.58. The summed E-state index contributed by atoms with van der Waals surface area (Å²) in [6.07, 6.45) is 3.42. The summed E-state index contributed by atoms with van der Waals surface area (Å²) >= 11 is 0. The molecule has 20 heavy (non-hydrogen) atoms. The van der Waals surface area contributed by atoms with Crippen LogP contribution in [0.2, 0.25) is 0 Å². The zero-order valence-corrected chi connectivity index (χ0v) is 10.1. The molecule has 0 unspecified atom stereocenters. The average Bonchev–Trinajstić information content (AvgIpc) is 2.93. The van der Waals surface area contributed by atoms with Gasteiger partial charge in [-0.25, -0.2) is 13.8 Å². The van der Waals surface area contributed by atoms with Gasteiger partial charge in [-0.3, -0.25) is 4.79 Å². The average molecular weight is 285 g/mol. The van der Waals surface area contributed by atoms with E-state index in [0.717, 1.165) is 5.69 Å². The number of benzene rings is 1. The Kier molecular flexibility index (Phi) is 3.92. The minimum atomic E-state index is -1.73. The van der Waals surface area contributed by atoms with Gasteiger partial charge in [0.05, 0.1) is 11.9 Å². The number of amides is 1. The highest BCUT2D eigenvalue weighted by molar-refractivity contribution is 5.94. The van der Waals surface area contributed by atoms with Crippen molar-refractivity contribution in [1.29, 1.82) is 0 Å². The van der Waals surface area contributed by atoms with E-state index in [9.17, 15) is 18.0 Å². The largest absolute Gasteiger partial charge is 0.503 e. The Morgan fingerprint density at radius 1 is 1.35 bits per heavy atom. The van der Waals surface area contributed by atoms with Crippen LogP contribution >= 0.6 is 0 Å². The van der Waals surface area contributed by atoms with Crippen LogP contribution in [0, 0.1) is 17.5 Å². The fraction of sp³-hybridized carbons (Fsp3) is 0.167. The zero-order chi connectivity index (χ0) is 14.7. The number of aromatic hydroxyl groups is 1. The molecule has 1 aromatic carbocycles. The number of phenols is 1. The third-order valence-electron chi connectivity index (χ3n) is 2.61. The van der Waals surface area contributed by atoms with Crippen LogP contribution in [0.25, 0.3) is 0 Å². The van der Waals surface area contributed by atoms with Crippen molar-refractivity contribution in [1.82, 2.24) is 15.3 Å². The molecule has 0 fully saturated rings. The van der Waals surface area contributed by atoms with Gasteiger partial charge in [-0.05, 0) is 6.07 Å². The van der Waals surface area contributed by atoms with Crippen LogP contribution in [0.1, 0.15) is 16.1 Å². The fourth-order valence-electron chi connectivity index (χ4n) is 1.58. The number of rotatable bonds is 4. The highest BCUT2D eigenvalue weighted by atomic mass is 19.2. The topological polar surface area (TPSA) is 78.0 Å². The number of imidazole rings is 1. The molecule has 2 rings (SSSR count). The summed E-state index contributed by atoms with van der Waals surface area (Å²) in [5.74, 6) is -7.18. The van der Waals surface area contributed by atoms with E-state index in [1.54, 1.807) is 6.20 Å². The second-order valence-electron chi connectivity index (χ2n) is 3.97. The molecular formula is C12H10F3N3O2. The molecule has 0 aliphatic carbocycles. The van der Waals surface area contributed by atoms with Crippen molar-refractivity contribution >= 4 is 5.91 Å². The molecule has 1 heterocycles. The summed E-state index contributed by atoms with van der Waals surface area (Å²) in [5.41, 5.74) is -0.00934. The number of phenolic OH excluding ortho intramolecular Hbond substituents is 1. The first kappa shape index (κ1) is 13.9. The Labute approximate surface area is 111 Å². The minimum Gasteiger partial charge on any atom is -0.503 e. The van der Waals surface area contributed by atoms with E-state index in [1.807, 2.05) is 0 Å². The number of hydrogen-bond donors (Lipinski definition) is 3. The Balaban J connectivity index is 2.06. The Bertz CT molecular complexity index is 629. The van der Waals surface area contributed by atoms with Gasteiger partial charge < -0.3 is 15.4 Å². The van der Waals surface area contributed by atoms with Crippen molar-refractivity contribution < 1.29 is 23.1 Å². The first-order valence-electron chi connectivity index (χ1n) is 5.62. The summed E-state index contributed by atoms with van der Waals surface area (Å²) < 4.78 is 39.4. The summed E-state index contributed by atoms with van der Waals surface area (Å²) in [6.45, 7) is 0.139. The van der Waals surface area contributed by atoms with E-state index in [-0.39, 0.29) is 6.54 Å². The Hall–Kier alpha value is -2.51. The lowest BCUT2D eigenvalue weighted by molar-refractivity contribution is 0.0948. The van der Waals surface area contributed by atoms with Gasteiger partial charge in [0.2, 0.25) is 5.82 Å². The third-order valence-corrected chi connectivity index (χ3v) is 2.61. The molecule has 5 nitrogen and oxygen atoms in total. The predicted octanol–water partition coefficient (Wildman–Crippen LogP) is 1.51. The van der Waals surface area contributed by atoms with Gasteiger partial charge in [0.15, 0.2) is 17.4 Å². The second kappa shape index (κ2) is 5.64. The number of nitrogens with zero attached hydrogens (tertiary/aromatic N) is 1. The van der Waals surface area contributed by atoms with Gasteiger partial charge in [0.25, 0.3) is 5.91 Å². The van der Waals surface area contributed by atoms with Crippen LogP contribution < -0.4 is 5.32 Å². The van der Waals surface area contributed by atoms with Crippen molar-refractivity contribution in [2.24, 2.45) is 0 Å². The third kappa shape index (κ3) is 2.73. The quantitative estimate of drug-likeness (QED) is 0.745. The van der Waals surface area contributed by atoms with Crippen LogP contribution in [-0.4, -0.2) is 27.5 Å². The van der Waals surface area contributed by atoms with Gasteiger partial charge >= 0.3 is 0 Å². The molecule has 0 spiro atoms. The first-order valence-corrected chi connectivity index (χ1v) is 5.62. The summed E-state index contributed by atoms with van der Waals surface area (Å²) in [4.78, 5) is 18.2. The molecule has 3 N–H and O–H groups in total. The number of carbonyl (C=O) groups is 1. The van der Waals surface area contributed by atoms with Gasteiger partial charge in [-0.2, -0.15) is 4.39 Å². The van der Waals surface area contributed by atoms with Crippen LogP contribution in [0.3, 0.4) is 0 Å². The Morgan fingerprint density at radius 3 is 2.75 bits per heavy atom. The lowest BCUT2D eigenvalue weighted by Crippen LogP contribution is -2.27. The predicted molar refractivity (Wildman–Crippen MR) is 62.6 cm³/mol. The van der Waals surface area contributed by atoms with Crippen molar-refractivity contribution in [3.63, 3.8) is 0 Å². The SMILES string of the molecule is O=C(NCCc1cnc[nH]1)c1cc(F)c(F)c(O)c1F. The molecule has 8 heteroatoms. The molecule has 2 aromatic rings. The summed E-state index contributed by atoms with van der Waals surface area (Å²) in [5, 5.41) is 11.3. The highest BCUT2D eigenvalue weighted by Crippen LogP contribution is 2.25. The molecule has 0 atom stereocenters. The lowest BCUT2D eigenvalue weighted by Gasteiger charge is -2.07. The second-order valence-corrected chi connectivity index (χ2v) is 3.97. The van der Waals surface area contributed by atoms with Crippen LogP contribution in [0.15, 0.2) is 18.6 Å². The molecular weight excluding hydrogens is 275 g/mol. The molecule has 0 radical (unpaired) electrons. The first-order chi connectivity index (χ1) is 9.50. The Morgan fingerprint density at radius 2 is 2.10 bits per heavy atom. The number of hydrogen-bond acceptors (Lipinski definition) is 3. The standard InChI is InChI=1S/C12H10F3N3O2/c13-8-3-7(9(14)11(19)10(8)15)12(20)17-2-1-6-4-16-5-18-6/h3-5,19H,1-2H2,(H,16,18)(H,17,20). The van der Waals surface area contributed by atoms with Crippen molar-refractivity contribution in [3.05, 3.63) is 47.3 Å². The summed E-state index contributed by atoms with van der Waals surface area (Å²) in [7, 11) is 0. The number of H-pyrrole nitrogens is 1. The van der Waals surface area contributed by atoms with E-state index in [0.29, 0.717) is 12.5 Å². The van der Waals surface area contributed by atoms with Gasteiger partial charge in [-0.15, -0.1) is 0 Å². The van der Waals surface area contributed by atoms with E-state index >= 15 is 0 Å². The molecule has 0 aliphatic heterocycles. The molecule has 1 amide bonds. The number of nitrogens with one attached hydrogen (secondary N) is 2. The smallest absolute Gasteiger partial charge is 0.254 e. The maximum absolute atomic E-state index is 13.5. The van der Waals surface area contributed by atoms with E-state index in [4.69, 9.17) is 5.11 Å². The van der Waals surface area contributed by atoms with E-state index in [1.165, 1.54) is 6.33 Å². The summed E-state index contributed by atoms with van der Waals surface area (Å²) in [6, 6.07) is 0.399. The lowest BCUT2D eigenvalue weighted by atomic mass is 10.1. The normalized spacial score (nSPS) is 10.6. The molecule has 0 saturated carbocycles. The van der Waals surface area contributed by atoms with Crippen molar-refractivity contribution in [2.45, 2.75) is 6.42 Å². The van der Waals surface area contributed by atoms with E-state index in [2.05, 4.69) is 15.3 Å². The number of halogens is 3. The van der Waals surface area contributed by atoms with Crippen molar-refractivity contribution in [3.8, 4) is 5.75 Å². The van der Waals surface area contributed by atoms with Gasteiger partial charge in [0, 0.05) is 24.9 Å². The van der Waals surface area contributed by atoms with Crippen LogP contribution in [0.4, 0.5) is 13.2 Å². The molecule has 1 aromatic heterocycles. The van der Waals surface area contributed by atoms with Crippen molar-refractivity contribution in [2.75, 3.05) is 6.54 Å². The molecule has 106 valence electrons. The number of carbonyl (C=O) groups excluding carboxylic acids is 1. The number of aromatic nitrogens is 2.